The summed E-state index contributed by atoms with van der Waals surface area (Å²) in [5, 5.41) is 7.41. The second-order valence-corrected chi connectivity index (χ2v) is 4.80. The normalized spacial score (nSPS) is 22.3. The van der Waals surface area contributed by atoms with E-state index >= 15 is 0 Å². The standard InChI is InChI=1S/C11H18N4O/c1-15(9-4-6-12-7-5-9)11-13-10(14-16-11)8-2-3-8/h8-9,12H,2-7H2,1H3. The quantitative estimate of drug-likeness (QED) is 0.831. The molecule has 1 aromatic heterocycles. The molecule has 2 fully saturated rings. The van der Waals surface area contributed by atoms with Crippen LogP contribution in [0.25, 0.3) is 0 Å². The third-order valence-corrected chi connectivity index (χ3v) is 3.53. The summed E-state index contributed by atoms with van der Waals surface area (Å²) in [4.78, 5) is 6.61. The number of hydrogen-bond acceptors (Lipinski definition) is 5. The van der Waals surface area contributed by atoms with Crippen molar-refractivity contribution in [3.05, 3.63) is 5.82 Å². The van der Waals surface area contributed by atoms with Crippen molar-refractivity contribution in [1.29, 1.82) is 0 Å². The number of nitrogens with one attached hydrogen (secondary N) is 1. The fraction of sp³-hybridized carbons (Fsp3) is 0.818. The topological polar surface area (TPSA) is 54.2 Å². The summed E-state index contributed by atoms with van der Waals surface area (Å²) >= 11 is 0. The molecule has 0 amide bonds. The molecule has 5 heteroatoms. The van der Waals surface area contributed by atoms with Crippen molar-refractivity contribution >= 4 is 6.01 Å². The Morgan fingerprint density at radius 1 is 1.25 bits per heavy atom. The van der Waals surface area contributed by atoms with Gasteiger partial charge in [-0.3, -0.25) is 0 Å². The summed E-state index contributed by atoms with van der Waals surface area (Å²) in [5.41, 5.74) is 0. The van der Waals surface area contributed by atoms with Crippen molar-refractivity contribution in [2.45, 2.75) is 37.6 Å². The first-order chi connectivity index (χ1) is 7.84. The van der Waals surface area contributed by atoms with Gasteiger partial charge in [0.25, 0.3) is 0 Å². The molecule has 1 aliphatic carbocycles. The summed E-state index contributed by atoms with van der Waals surface area (Å²) in [7, 11) is 2.06. The highest BCUT2D eigenvalue weighted by Crippen LogP contribution is 2.38. The van der Waals surface area contributed by atoms with E-state index in [1.54, 1.807) is 0 Å². The number of aromatic nitrogens is 2. The van der Waals surface area contributed by atoms with Crippen LogP contribution in [-0.4, -0.2) is 36.3 Å². The zero-order valence-electron chi connectivity index (χ0n) is 9.65. The molecule has 1 saturated carbocycles. The van der Waals surface area contributed by atoms with Gasteiger partial charge < -0.3 is 14.7 Å². The molecule has 0 unspecified atom stereocenters. The van der Waals surface area contributed by atoms with Gasteiger partial charge in [0.15, 0.2) is 5.82 Å². The Labute approximate surface area is 95.2 Å². The van der Waals surface area contributed by atoms with Gasteiger partial charge in [0.2, 0.25) is 0 Å². The van der Waals surface area contributed by atoms with E-state index in [9.17, 15) is 0 Å². The molecule has 16 heavy (non-hydrogen) atoms. The van der Waals surface area contributed by atoms with Gasteiger partial charge in [0.1, 0.15) is 0 Å². The maximum atomic E-state index is 5.33. The Hall–Kier alpha value is -1.10. The van der Waals surface area contributed by atoms with Crippen molar-refractivity contribution < 1.29 is 4.52 Å². The number of hydrogen-bond donors (Lipinski definition) is 1. The molecule has 0 atom stereocenters. The van der Waals surface area contributed by atoms with Gasteiger partial charge >= 0.3 is 6.01 Å². The van der Waals surface area contributed by atoms with Crippen LogP contribution in [0.2, 0.25) is 0 Å². The Balaban J connectivity index is 1.69. The maximum absolute atomic E-state index is 5.33. The molecule has 5 nitrogen and oxygen atoms in total. The summed E-state index contributed by atoms with van der Waals surface area (Å²) in [6, 6.07) is 1.22. The van der Waals surface area contributed by atoms with Crippen LogP contribution in [0.4, 0.5) is 6.01 Å². The molecule has 1 aromatic rings. The van der Waals surface area contributed by atoms with E-state index in [0.717, 1.165) is 31.8 Å². The lowest BCUT2D eigenvalue weighted by Gasteiger charge is -2.29. The van der Waals surface area contributed by atoms with Gasteiger partial charge in [-0.2, -0.15) is 4.98 Å². The molecule has 2 heterocycles. The first-order valence-corrected chi connectivity index (χ1v) is 6.12. The summed E-state index contributed by atoms with van der Waals surface area (Å²) in [6.45, 7) is 2.16. The van der Waals surface area contributed by atoms with E-state index in [4.69, 9.17) is 4.52 Å². The van der Waals surface area contributed by atoms with Crippen molar-refractivity contribution in [1.82, 2.24) is 15.5 Å². The predicted molar refractivity (Wildman–Crippen MR) is 60.6 cm³/mol. The Morgan fingerprint density at radius 2 is 2.00 bits per heavy atom. The van der Waals surface area contributed by atoms with E-state index in [-0.39, 0.29) is 0 Å². The second kappa shape index (κ2) is 4.05. The van der Waals surface area contributed by atoms with E-state index in [1.807, 2.05) is 0 Å². The number of anilines is 1. The third kappa shape index (κ3) is 1.91. The van der Waals surface area contributed by atoms with Gasteiger partial charge in [-0.05, 0) is 38.8 Å². The van der Waals surface area contributed by atoms with Crippen molar-refractivity contribution in [2.24, 2.45) is 0 Å². The third-order valence-electron chi connectivity index (χ3n) is 3.53. The van der Waals surface area contributed by atoms with E-state index in [0.29, 0.717) is 18.0 Å². The Bertz CT molecular complexity index is 355. The first-order valence-electron chi connectivity index (χ1n) is 6.12. The number of piperidine rings is 1. The van der Waals surface area contributed by atoms with Gasteiger partial charge in [0, 0.05) is 19.0 Å². The smallest absolute Gasteiger partial charge is 0.324 e. The highest BCUT2D eigenvalue weighted by molar-refractivity contribution is 5.27. The van der Waals surface area contributed by atoms with Gasteiger partial charge in [-0.25, -0.2) is 0 Å². The fourth-order valence-electron chi connectivity index (χ4n) is 2.23. The van der Waals surface area contributed by atoms with Gasteiger partial charge in [-0.1, -0.05) is 5.16 Å². The summed E-state index contributed by atoms with van der Waals surface area (Å²) in [5.74, 6) is 1.47. The molecule has 1 saturated heterocycles. The lowest BCUT2D eigenvalue weighted by atomic mass is 10.1. The zero-order valence-corrected chi connectivity index (χ0v) is 9.65. The summed E-state index contributed by atoms with van der Waals surface area (Å²) < 4.78 is 5.33. The zero-order chi connectivity index (χ0) is 11.0. The lowest BCUT2D eigenvalue weighted by Crippen LogP contribution is -2.41. The first kappa shape index (κ1) is 10.1. The largest absolute Gasteiger partial charge is 0.324 e. The average molecular weight is 222 g/mol. The molecule has 1 aliphatic heterocycles. The minimum absolute atomic E-state index is 0.536. The van der Waals surface area contributed by atoms with Crippen LogP contribution in [0.1, 0.15) is 37.4 Å². The van der Waals surface area contributed by atoms with E-state index in [2.05, 4.69) is 27.4 Å². The van der Waals surface area contributed by atoms with Crippen molar-refractivity contribution in [3.63, 3.8) is 0 Å². The van der Waals surface area contributed by atoms with E-state index in [1.165, 1.54) is 12.8 Å². The van der Waals surface area contributed by atoms with E-state index < -0.39 is 0 Å². The molecule has 0 spiro atoms. The van der Waals surface area contributed by atoms with Crippen molar-refractivity contribution in [2.75, 3.05) is 25.0 Å². The number of rotatable bonds is 3. The number of nitrogens with zero attached hydrogens (tertiary/aromatic N) is 3. The second-order valence-electron chi connectivity index (χ2n) is 4.80. The molecular formula is C11H18N4O. The molecule has 2 aliphatic rings. The molecule has 3 rings (SSSR count). The van der Waals surface area contributed by atoms with Crippen LogP contribution in [0.5, 0.6) is 0 Å². The van der Waals surface area contributed by atoms with Crippen LogP contribution >= 0.6 is 0 Å². The SMILES string of the molecule is CN(c1nc(C2CC2)no1)C1CCNCC1. The maximum Gasteiger partial charge on any atom is 0.324 e. The fourth-order valence-corrected chi connectivity index (χ4v) is 2.23. The molecule has 0 radical (unpaired) electrons. The van der Waals surface area contributed by atoms with Crippen LogP contribution in [-0.2, 0) is 0 Å². The van der Waals surface area contributed by atoms with Gasteiger partial charge in [0.05, 0.1) is 0 Å². The van der Waals surface area contributed by atoms with Crippen LogP contribution in [0.15, 0.2) is 4.52 Å². The molecule has 1 N–H and O–H groups in total. The molecule has 0 aromatic carbocycles. The molecule has 88 valence electrons. The molecule has 0 bridgehead atoms. The average Bonchev–Trinajstić information content (AvgIpc) is 3.08. The minimum Gasteiger partial charge on any atom is -0.324 e. The highest BCUT2D eigenvalue weighted by Gasteiger charge is 2.30. The molecular weight excluding hydrogens is 204 g/mol. The van der Waals surface area contributed by atoms with Crippen LogP contribution in [0, 0.1) is 0 Å². The highest BCUT2D eigenvalue weighted by atomic mass is 16.5. The van der Waals surface area contributed by atoms with Crippen LogP contribution < -0.4 is 10.2 Å². The lowest BCUT2D eigenvalue weighted by molar-refractivity contribution is 0.377. The Morgan fingerprint density at radius 3 is 2.69 bits per heavy atom. The minimum atomic E-state index is 0.536. The van der Waals surface area contributed by atoms with Crippen LogP contribution in [0.3, 0.4) is 0 Å². The summed E-state index contributed by atoms with van der Waals surface area (Å²) in [6.07, 6.45) is 4.74. The van der Waals surface area contributed by atoms with Crippen molar-refractivity contribution in [3.8, 4) is 0 Å². The van der Waals surface area contributed by atoms with Gasteiger partial charge in [-0.15, -0.1) is 0 Å². The monoisotopic (exact) mass is 222 g/mol. The predicted octanol–water partition coefficient (Wildman–Crippen LogP) is 1.14. The Kier molecular flexibility index (Phi) is 2.55.